The number of rotatable bonds is 10. The standard InChI is InChI=1S/C29H31F5N4O6/c1-28(2)13-10-38(27(42)17-9-19(44-37-17)29(3,4)34)23(20(13)28)26(41)36-16(7-12-5-6-35-25(12)40)18(39)11-43-24-21(32)14(30)8-15(31)22(24)33/h8-9,12-13,16,20,23H,5-7,10-11H2,1-4H3,(H,35,40)(H,36,41)/t12-,13-,16?,20-,23-/m0/s1. The minimum absolute atomic E-state index is 0.0132. The minimum atomic E-state index is -1.91. The number of ether oxygens (including phenoxy) is 1. The lowest BCUT2D eigenvalue weighted by Crippen LogP contribution is -2.54. The van der Waals surface area contributed by atoms with E-state index in [1.165, 1.54) is 18.7 Å². The molecule has 0 spiro atoms. The second-order valence-corrected chi connectivity index (χ2v) is 12.5. The number of hydrogen-bond acceptors (Lipinski definition) is 7. The predicted molar refractivity (Wildman–Crippen MR) is 141 cm³/mol. The fourth-order valence-corrected chi connectivity index (χ4v) is 6.20. The molecule has 5 rings (SSSR count). The second-order valence-electron chi connectivity index (χ2n) is 12.5. The van der Waals surface area contributed by atoms with E-state index in [0.29, 0.717) is 13.0 Å². The fourth-order valence-electron chi connectivity index (χ4n) is 6.20. The van der Waals surface area contributed by atoms with Gasteiger partial charge in [-0.1, -0.05) is 19.0 Å². The Morgan fingerprint density at radius 3 is 2.41 bits per heavy atom. The highest BCUT2D eigenvalue weighted by Crippen LogP contribution is 2.65. The average molecular weight is 627 g/mol. The first-order valence-electron chi connectivity index (χ1n) is 14.1. The number of likely N-dealkylation sites (tertiary alicyclic amines) is 1. The van der Waals surface area contributed by atoms with Gasteiger partial charge >= 0.3 is 0 Å². The van der Waals surface area contributed by atoms with Crippen LogP contribution in [0, 0.1) is 46.4 Å². The molecule has 3 heterocycles. The molecular formula is C29H31F5N4O6. The molecule has 1 unspecified atom stereocenters. The van der Waals surface area contributed by atoms with Gasteiger partial charge in [-0.05, 0) is 43.9 Å². The van der Waals surface area contributed by atoms with Crippen LogP contribution in [0.15, 0.2) is 16.7 Å². The van der Waals surface area contributed by atoms with Crippen molar-refractivity contribution in [2.24, 2.45) is 23.2 Å². The van der Waals surface area contributed by atoms with E-state index in [1.54, 1.807) is 0 Å². The Morgan fingerprint density at radius 2 is 1.84 bits per heavy atom. The molecule has 1 aromatic carbocycles. The molecule has 2 N–H and O–H groups in total. The summed E-state index contributed by atoms with van der Waals surface area (Å²) in [7, 11) is 0. The van der Waals surface area contributed by atoms with E-state index < -0.39 is 76.9 Å². The van der Waals surface area contributed by atoms with E-state index in [9.17, 15) is 41.1 Å². The molecule has 2 aliphatic heterocycles. The molecule has 1 aromatic heterocycles. The lowest BCUT2D eigenvalue weighted by atomic mass is 9.94. The highest BCUT2D eigenvalue weighted by Gasteiger charge is 2.69. The van der Waals surface area contributed by atoms with E-state index in [4.69, 9.17) is 9.26 Å². The summed E-state index contributed by atoms with van der Waals surface area (Å²) in [6.45, 7) is 5.70. The Kier molecular flexibility index (Phi) is 7.95. The van der Waals surface area contributed by atoms with E-state index in [1.807, 2.05) is 13.8 Å². The molecule has 1 aliphatic carbocycles. The molecule has 0 bridgehead atoms. The first kappa shape index (κ1) is 31.4. The van der Waals surface area contributed by atoms with Crippen molar-refractivity contribution in [3.8, 4) is 5.75 Å². The summed E-state index contributed by atoms with van der Waals surface area (Å²) in [4.78, 5) is 54.0. The average Bonchev–Trinajstić information content (AvgIpc) is 3.50. The molecule has 0 radical (unpaired) electrons. The molecule has 3 amide bonds. The Balaban J connectivity index is 1.37. The van der Waals surface area contributed by atoms with Gasteiger partial charge in [0, 0.05) is 31.1 Å². The van der Waals surface area contributed by atoms with Crippen LogP contribution in [0.1, 0.15) is 56.8 Å². The van der Waals surface area contributed by atoms with Gasteiger partial charge < -0.3 is 24.8 Å². The van der Waals surface area contributed by atoms with Crippen molar-refractivity contribution in [1.29, 1.82) is 0 Å². The molecule has 3 aliphatic rings. The number of hydrogen-bond donors (Lipinski definition) is 2. The quantitative estimate of drug-likeness (QED) is 0.306. The topological polar surface area (TPSA) is 131 Å². The number of Topliss-reactive ketones (excluding diaryl/α,β-unsaturated/α-hetero) is 1. The zero-order valence-corrected chi connectivity index (χ0v) is 24.3. The minimum Gasteiger partial charge on any atom is -0.479 e. The molecule has 3 fully saturated rings. The van der Waals surface area contributed by atoms with E-state index in [2.05, 4.69) is 15.8 Å². The van der Waals surface area contributed by atoms with Gasteiger partial charge in [-0.3, -0.25) is 19.2 Å². The summed E-state index contributed by atoms with van der Waals surface area (Å²) >= 11 is 0. The highest BCUT2D eigenvalue weighted by atomic mass is 19.2. The monoisotopic (exact) mass is 626 g/mol. The molecule has 15 heteroatoms. The molecule has 44 heavy (non-hydrogen) atoms. The van der Waals surface area contributed by atoms with Crippen LogP contribution in [0.4, 0.5) is 22.0 Å². The zero-order valence-electron chi connectivity index (χ0n) is 24.3. The maximum absolute atomic E-state index is 14.3. The van der Waals surface area contributed by atoms with Crippen molar-refractivity contribution in [2.45, 2.75) is 58.3 Å². The lowest BCUT2D eigenvalue weighted by Gasteiger charge is -2.31. The first-order chi connectivity index (χ1) is 20.5. The highest BCUT2D eigenvalue weighted by molar-refractivity contribution is 5.99. The van der Waals surface area contributed by atoms with Gasteiger partial charge in [0.15, 0.2) is 40.3 Å². The van der Waals surface area contributed by atoms with Crippen LogP contribution in [0.3, 0.4) is 0 Å². The number of aromatic nitrogens is 1. The zero-order chi connectivity index (χ0) is 32.3. The van der Waals surface area contributed by atoms with Crippen molar-refractivity contribution in [3.05, 3.63) is 46.9 Å². The number of piperidine rings is 1. The summed E-state index contributed by atoms with van der Waals surface area (Å²) < 4.78 is 79.7. The van der Waals surface area contributed by atoms with Crippen LogP contribution in [-0.2, 0) is 20.1 Å². The molecule has 2 saturated heterocycles. The normalized spacial score (nSPS) is 24.5. The summed E-state index contributed by atoms with van der Waals surface area (Å²) in [5.74, 6) is -12.6. The smallest absolute Gasteiger partial charge is 0.276 e. The third kappa shape index (κ3) is 5.63. The van der Waals surface area contributed by atoms with Crippen LogP contribution in [0.2, 0.25) is 0 Å². The van der Waals surface area contributed by atoms with Crippen molar-refractivity contribution < 1.29 is 50.4 Å². The van der Waals surface area contributed by atoms with Gasteiger partial charge in [-0.15, -0.1) is 0 Å². The number of benzene rings is 1. The molecule has 5 atom stereocenters. The van der Waals surface area contributed by atoms with Crippen molar-refractivity contribution in [3.63, 3.8) is 0 Å². The van der Waals surface area contributed by atoms with Crippen LogP contribution in [-0.4, -0.2) is 65.3 Å². The Labute approximate surface area is 248 Å². The second kappa shape index (κ2) is 11.1. The Morgan fingerprint density at radius 1 is 1.18 bits per heavy atom. The van der Waals surface area contributed by atoms with Crippen LogP contribution in [0.25, 0.3) is 0 Å². The number of carbonyl (C=O) groups excluding carboxylic acids is 4. The van der Waals surface area contributed by atoms with Crippen molar-refractivity contribution in [1.82, 2.24) is 20.7 Å². The van der Waals surface area contributed by atoms with Crippen LogP contribution in [0.5, 0.6) is 5.75 Å². The van der Waals surface area contributed by atoms with Crippen molar-refractivity contribution >= 4 is 23.5 Å². The third-order valence-electron chi connectivity index (χ3n) is 8.87. The third-order valence-corrected chi connectivity index (χ3v) is 8.87. The Bertz CT molecular complexity index is 1500. The number of carbonyl (C=O) groups is 4. The largest absolute Gasteiger partial charge is 0.479 e. The van der Waals surface area contributed by atoms with Gasteiger partial charge in [0.25, 0.3) is 5.91 Å². The first-order valence-corrected chi connectivity index (χ1v) is 14.1. The number of alkyl halides is 1. The van der Waals surface area contributed by atoms with Gasteiger partial charge in [0.05, 0.1) is 6.04 Å². The SMILES string of the molecule is CC(C)(F)c1cc(C(=O)N2C[C@H]3[C@@H]([C@H]2C(=O)NC(C[C@@H]2CCNC2=O)C(=O)COc2c(F)c(F)cc(F)c2F)C3(C)C)no1. The molecule has 2 aromatic rings. The van der Waals surface area contributed by atoms with Gasteiger partial charge in [0.1, 0.15) is 12.6 Å². The molecule has 1 saturated carbocycles. The number of halogens is 5. The number of nitrogens with one attached hydrogen (secondary N) is 2. The number of nitrogens with zero attached hydrogens (tertiary/aromatic N) is 2. The molecular weight excluding hydrogens is 595 g/mol. The van der Waals surface area contributed by atoms with Gasteiger partial charge in [-0.25, -0.2) is 13.2 Å². The summed E-state index contributed by atoms with van der Waals surface area (Å²) in [5, 5.41) is 8.86. The van der Waals surface area contributed by atoms with Gasteiger partial charge in [-0.2, -0.15) is 8.78 Å². The van der Waals surface area contributed by atoms with Gasteiger partial charge in [0.2, 0.25) is 23.4 Å². The van der Waals surface area contributed by atoms with Crippen LogP contribution < -0.4 is 15.4 Å². The van der Waals surface area contributed by atoms with E-state index in [0.717, 1.165) is 6.07 Å². The molecule has 10 nitrogen and oxygen atoms in total. The fraction of sp³-hybridized carbons (Fsp3) is 0.552. The number of fused-ring (bicyclic) bond motifs is 1. The van der Waals surface area contributed by atoms with Crippen molar-refractivity contribution in [2.75, 3.05) is 19.7 Å². The number of ketones is 1. The number of amides is 3. The van der Waals surface area contributed by atoms with E-state index >= 15 is 0 Å². The summed E-state index contributed by atoms with van der Waals surface area (Å²) in [6, 6.07) is -1.37. The summed E-state index contributed by atoms with van der Waals surface area (Å²) in [6.07, 6.45) is 0.127. The maximum Gasteiger partial charge on any atom is 0.276 e. The maximum atomic E-state index is 14.3. The van der Waals surface area contributed by atoms with Crippen LogP contribution >= 0.6 is 0 Å². The Hall–Kier alpha value is -4.04. The lowest BCUT2D eigenvalue weighted by molar-refractivity contribution is -0.132. The summed E-state index contributed by atoms with van der Waals surface area (Å²) in [5.41, 5.74) is -2.46. The molecule has 238 valence electrons. The predicted octanol–water partition coefficient (Wildman–Crippen LogP) is 3.19. The van der Waals surface area contributed by atoms with E-state index in [-0.39, 0.29) is 53.6 Å².